The summed E-state index contributed by atoms with van der Waals surface area (Å²) in [5.74, 6) is -2.01. The topological polar surface area (TPSA) is 98.0 Å². The van der Waals surface area contributed by atoms with Gasteiger partial charge in [-0.05, 0) is 24.3 Å². The summed E-state index contributed by atoms with van der Waals surface area (Å²) in [5, 5.41) is 37.7. The molecule has 0 radical (unpaired) electrons. The van der Waals surface area contributed by atoms with Crippen molar-refractivity contribution in [1.82, 2.24) is 0 Å². The van der Waals surface area contributed by atoms with Crippen molar-refractivity contribution in [2.45, 2.75) is 0 Å². The third kappa shape index (κ3) is 2.06. The van der Waals surface area contributed by atoms with Crippen LogP contribution in [-0.4, -0.2) is 26.2 Å². The van der Waals surface area contributed by atoms with Crippen LogP contribution in [0, 0.1) is 0 Å². The molecule has 0 bridgehead atoms. The first-order valence-electron chi connectivity index (χ1n) is 5.07. The van der Waals surface area contributed by atoms with E-state index < -0.39 is 5.78 Å². The number of carbonyl (C=O) groups excluding carboxylic acids is 1. The lowest BCUT2D eigenvalue weighted by Crippen LogP contribution is -2.02. The zero-order chi connectivity index (χ0) is 13.3. The molecule has 0 unspecified atom stereocenters. The Morgan fingerprint density at radius 2 is 1.33 bits per heavy atom. The monoisotopic (exact) mass is 246 g/mol. The molecule has 4 N–H and O–H groups in total. The highest BCUT2D eigenvalue weighted by Gasteiger charge is 2.18. The Morgan fingerprint density at radius 1 is 0.833 bits per heavy atom. The van der Waals surface area contributed by atoms with Crippen LogP contribution in [0.2, 0.25) is 0 Å². The van der Waals surface area contributed by atoms with Crippen molar-refractivity contribution < 1.29 is 25.2 Å². The Hall–Kier alpha value is -2.69. The van der Waals surface area contributed by atoms with Crippen molar-refractivity contribution in [1.29, 1.82) is 0 Å². The SMILES string of the molecule is O=C(c1cc(O)cc(O)c1)c1c(O)cccc1O. The summed E-state index contributed by atoms with van der Waals surface area (Å²) < 4.78 is 0. The molecule has 5 heteroatoms. The van der Waals surface area contributed by atoms with Gasteiger partial charge in [-0.15, -0.1) is 0 Å². The molecule has 0 heterocycles. The van der Waals surface area contributed by atoms with Crippen molar-refractivity contribution >= 4 is 5.78 Å². The quantitative estimate of drug-likeness (QED) is 0.605. The minimum Gasteiger partial charge on any atom is -0.508 e. The van der Waals surface area contributed by atoms with Crippen LogP contribution in [0.5, 0.6) is 23.0 Å². The van der Waals surface area contributed by atoms with E-state index in [-0.39, 0.29) is 34.1 Å². The Kier molecular flexibility index (Phi) is 2.81. The van der Waals surface area contributed by atoms with Crippen LogP contribution in [-0.2, 0) is 0 Å². The van der Waals surface area contributed by atoms with Crippen molar-refractivity contribution in [2.24, 2.45) is 0 Å². The van der Waals surface area contributed by atoms with Gasteiger partial charge >= 0.3 is 0 Å². The molecule has 0 saturated heterocycles. The minimum atomic E-state index is -0.697. The van der Waals surface area contributed by atoms with Gasteiger partial charge in [-0.1, -0.05) is 6.07 Å². The third-order valence-corrected chi connectivity index (χ3v) is 2.41. The summed E-state index contributed by atoms with van der Waals surface area (Å²) in [6.45, 7) is 0. The molecule has 0 fully saturated rings. The van der Waals surface area contributed by atoms with Crippen LogP contribution in [0.3, 0.4) is 0 Å². The fourth-order valence-corrected chi connectivity index (χ4v) is 1.63. The van der Waals surface area contributed by atoms with Crippen molar-refractivity contribution in [3.05, 3.63) is 47.5 Å². The van der Waals surface area contributed by atoms with Gasteiger partial charge in [0.25, 0.3) is 0 Å². The van der Waals surface area contributed by atoms with Gasteiger partial charge in [-0.2, -0.15) is 0 Å². The summed E-state index contributed by atoms with van der Waals surface area (Å²) in [7, 11) is 0. The molecular formula is C13H10O5. The predicted octanol–water partition coefficient (Wildman–Crippen LogP) is 1.74. The molecule has 0 aromatic heterocycles. The zero-order valence-corrected chi connectivity index (χ0v) is 9.16. The van der Waals surface area contributed by atoms with Crippen LogP contribution in [0.15, 0.2) is 36.4 Å². The fraction of sp³-hybridized carbons (Fsp3) is 0. The summed E-state index contributed by atoms with van der Waals surface area (Å²) in [5.41, 5.74) is -0.313. The molecule has 0 spiro atoms. The molecule has 18 heavy (non-hydrogen) atoms. The average molecular weight is 246 g/mol. The van der Waals surface area contributed by atoms with Gasteiger partial charge in [-0.3, -0.25) is 4.79 Å². The van der Waals surface area contributed by atoms with E-state index in [0.717, 1.165) is 18.2 Å². The lowest BCUT2D eigenvalue weighted by Gasteiger charge is -2.07. The number of phenolic OH excluding ortho intramolecular Hbond substituents is 4. The van der Waals surface area contributed by atoms with Gasteiger partial charge in [-0.25, -0.2) is 0 Å². The Balaban J connectivity index is 2.55. The molecule has 5 nitrogen and oxygen atoms in total. The minimum absolute atomic E-state index is 0.0377. The molecule has 0 saturated carbocycles. The maximum Gasteiger partial charge on any atom is 0.200 e. The highest BCUT2D eigenvalue weighted by molar-refractivity contribution is 6.12. The van der Waals surface area contributed by atoms with Crippen molar-refractivity contribution in [2.75, 3.05) is 0 Å². The first-order chi connectivity index (χ1) is 8.49. The normalized spacial score (nSPS) is 10.2. The Morgan fingerprint density at radius 3 is 1.83 bits per heavy atom. The zero-order valence-electron chi connectivity index (χ0n) is 9.16. The van der Waals surface area contributed by atoms with Crippen LogP contribution < -0.4 is 0 Å². The van der Waals surface area contributed by atoms with Gasteiger partial charge in [0.2, 0.25) is 5.78 Å². The average Bonchev–Trinajstić information content (AvgIpc) is 2.27. The summed E-state index contributed by atoms with van der Waals surface area (Å²) in [4.78, 5) is 12.1. The number of hydrogen-bond donors (Lipinski definition) is 4. The first-order valence-corrected chi connectivity index (χ1v) is 5.07. The largest absolute Gasteiger partial charge is 0.508 e. The predicted molar refractivity (Wildman–Crippen MR) is 63.0 cm³/mol. The second kappa shape index (κ2) is 4.29. The van der Waals surface area contributed by atoms with Crippen LogP contribution in [0.25, 0.3) is 0 Å². The van der Waals surface area contributed by atoms with E-state index in [2.05, 4.69) is 0 Å². The van der Waals surface area contributed by atoms with E-state index >= 15 is 0 Å². The lowest BCUT2D eigenvalue weighted by molar-refractivity contribution is 0.103. The molecule has 0 atom stereocenters. The smallest absolute Gasteiger partial charge is 0.200 e. The number of carbonyl (C=O) groups is 1. The second-order valence-electron chi connectivity index (χ2n) is 3.74. The van der Waals surface area contributed by atoms with Gasteiger partial charge in [0, 0.05) is 11.6 Å². The van der Waals surface area contributed by atoms with Crippen LogP contribution in [0.1, 0.15) is 15.9 Å². The van der Waals surface area contributed by atoms with E-state index in [1.54, 1.807) is 0 Å². The number of aromatic hydroxyl groups is 4. The van der Waals surface area contributed by atoms with E-state index in [9.17, 15) is 25.2 Å². The molecule has 0 aliphatic heterocycles. The van der Waals surface area contributed by atoms with Crippen molar-refractivity contribution in [3.63, 3.8) is 0 Å². The van der Waals surface area contributed by atoms with E-state index in [1.807, 2.05) is 0 Å². The van der Waals surface area contributed by atoms with Crippen LogP contribution in [0.4, 0.5) is 0 Å². The van der Waals surface area contributed by atoms with Gasteiger partial charge < -0.3 is 20.4 Å². The number of benzene rings is 2. The molecule has 0 aliphatic rings. The molecule has 92 valence electrons. The molecular weight excluding hydrogens is 236 g/mol. The Labute approximate surface area is 102 Å². The number of rotatable bonds is 2. The summed E-state index contributed by atoms with van der Waals surface area (Å²) in [6.07, 6.45) is 0. The molecule has 2 aromatic rings. The molecule has 2 rings (SSSR count). The van der Waals surface area contributed by atoms with E-state index in [4.69, 9.17) is 0 Å². The van der Waals surface area contributed by atoms with Gasteiger partial charge in [0.15, 0.2) is 0 Å². The maximum absolute atomic E-state index is 12.1. The third-order valence-electron chi connectivity index (χ3n) is 2.41. The van der Waals surface area contributed by atoms with E-state index in [0.29, 0.717) is 0 Å². The van der Waals surface area contributed by atoms with Gasteiger partial charge in [0.05, 0.1) is 0 Å². The summed E-state index contributed by atoms with van der Waals surface area (Å²) in [6, 6.07) is 7.25. The number of ketones is 1. The van der Waals surface area contributed by atoms with Gasteiger partial charge in [0.1, 0.15) is 28.6 Å². The standard InChI is InChI=1S/C13H10O5/c14-8-4-7(5-9(15)6-8)13(18)12-10(16)2-1-3-11(12)17/h1-6,14-17H. The second-order valence-corrected chi connectivity index (χ2v) is 3.74. The highest BCUT2D eigenvalue weighted by atomic mass is 16.3. The Bertz CT molecular complexity index is 578. The van der Waals surface area contributed by atoms with Crippen LogP contribution >= 0.6 is 0 Å². The van der Waals surface area contributed by atoms with E-state index in [1.165, 1.54) is 18.2 Å². The molecule has 0 amide bonds. The number of hydrogen-bond acceptors (Lipinski definition) is 5. The molecule has 0 aliphatic carbocycles. The molecule has 2 aromatic carbocycles. The summed E-state index contributed by atoms with van der Waals surface area (Å²) >= 11 is 0. The van der Waals surface area contributed by atoms with Crippen molar-refractivity contribution in [3.8, 4) is 23.0 Å². The lowest BCUT2D eigenvalue weighted by atomic mass is 10.0. The highest BCUT2D eigenvalue weighted by Crippen LogP contribution is 2.30. The fourth-order valence-electron chi connectivity index (χ4n) is 1.63. The maximum atomic E-state index is 12.1. The first kappa shape index (κ1) is 11.8. The number of phenols is 4.